The topological polar surface area (TPSA) is 85.1 Å². The van der Waals surface area contributed by atoms with Crippen molar-refractivity contribution >= 4 is 29.0 Å². The van der Waals surface area contributed by atoms with Crippen molar-refractivity contribution in [3.8, 4) is 0 Å². The van der Waals surface area contributed by atoms with E-state index >= 15 is 0 Å². The third kappa shape index (κ3) is 2.75. The molecule has 0 aromatic carbocycles. The molecule has 0 radical (unpaired) electrons. The van der Waals surface area contributed by atoms with Gasteiger partial charge in [-0.3, -0.25) is 14.9 Å². The highest BCUT2D eigenvalue weighted by molar-refractivity contribution is 6.29. The molecule has 0 unspecified atom stereocenters. The Balaban J connectivity index is 3.12. The molecule has 1 rings (SSSR count). The van der Waals surface area contributed by atoms with Crippen LogP contribution in [-0.2, 0) is 4.79 Å². The highest BCUT2D eigenvalue weighted by Crippen LogP contribution is 2.23. The van der Waals surface area contributed by atoms with Crippen LogP contribution in [0.25, 0.3) is 0 Å². The van der Waals surface area contributed by atoms with E-state index < -0.39 is 10.8 Å². The van der Waals surface area contributed by atoms with Crippen molar-refractivity contribution in [2.75, 3.05) is 5.32 Å². The van der Waals surface area contributed by atoms with Gasteiger partial charge in [0, 0.05) is 6.07 Å². The van der Waals surface area contributed by atoms with Gasteiger partial charge in [-0.05, 0) is 12.1 Å². The number of amides is 1. The fourth-order valence-corrected chi connectivity index (χ4v) is 0.983. The van der Waals surface area contributed by atoms with Gasteiger partial charge in [0.2, 0.25) is 11.7 Å². The maximum Gasteiger partial charge on any atom is 0.311 e. The smallest absolute Gasteiger partial charge is 0.301 e. The predicted octanol–water partition coefficient (Wildman–Crippen LogP) is 1.77. The first kappa shape index (κ1) is 11.1. The van der Waals surface area contributed by atoms with Crippen molar-refractivity contribution < 1.29 is 9.72 Å². The Hall–Kier alpha value is -1.95. The summed E-state index contributed by atoms with van der Waals surface area (Å²) in [5, 5.41) is 12.8. The highest BCUT2D eigenvalue weighted by atomic mass is 35.5. The summed E-state index contributed by atoms with van der Waals surface area (Å²) < 4.78 is 0. The van der Waals surface area contributed by atoms with E-state index in [9.17, 15) is 14.9 Å². The number of carbonyl (C=O) groups excluding carboxylic acids is 1. The van der Waals surface area contributed by atoms with Crippen LogP contribution in [0.4, 0.5) is 11.5 Å². The van der Waals surface area contributed by atoms with Crippen molar-refractivity contribution in [1.82, 2.24) is 4.98 Å². The van der Waals surface area contributed by atoms with Gasteiger partial charge in [-0.15, -0.1) is 0 Å². The second-order valence-electron chi connectivity index (χ2n) is 2.45. The first-order chi connectivity index (χ1) is 7.04. The zero-order valence-electron chi connectivity index (χ0n) is 7.44. The number of carbonyl (C=O) groups is 1. The first-order valence-corrected chi connectivity index (χ1v) is 4.16. The molecule has 78 valence electrons. The molecule has 1 aromatic heterocycles. The van der Waals surface area contributed by atoms with Gasteiger partial charge in [0.15, 0.2) is 0 Å². The summed E-state index contributed by atoms with van der Waals surface area (Å²) in [5.74, 6) is -0.787. The average Bonchev–Trinajstić information content (AvgIpc) is 2.17. The lowest BCUT2D eigenvalue weighted by Crippen LogP contribution is -2.10. The molecule has 1 amide bonds. The monoisotopic (exact) mass is 227 g/mol. The van der Waals surface area contributed by atoms with Crippen LogP contribution in [0.15, 0.2) is 24.8 Å². The molecule has 0 saturated carbocycles. The standard InChI is InChI=1S/C8H6ClN3O3/c1-2-7(13)11-8-5(12(14)15)3-4-6(9)10-8/h2-4H,1H2,(H,10,11,13). The summed E-state index contributed by atoms with van der Waals surface area (Å²) in [6.07, 6.45) is 0.978. The average molecular weight is 228 g/mol. The SMILES string of the molecule is C=CC(=O)Nc1nc(Cl)ccc1[N+](=O)[O-]. The summed E-state index contributed by atoms with van der Waals surface area (Å²) >= 11 is 5.54. The van der Waals surface area contributed by atoms with Crippen LogP contribution in [0, 0.1) is 10.1 Å². The molecule has 15 heavy (non-hydrogen) atoms. The van der Waals surface area contributed by atoms with E-state index in [2.05, 4.69) is 16.9 Å². The summed E-state index contributed by atoms with van der Waals surface area (Å²) in [6.45, 7) is 3.21. The fourth-order valence-electron chi connectivity index (χ4n) is 0.835. The minimum atomic E-state index is -0.665. The number of nitro groups is 1. The van der Waals surface area contributed by atoms with Crippen molar-refractivity contribution in [1.29, 1.82) is 0 Å². The van der Waals surface area contributed by atoms with Crippen LogP contribution in [0.5, 0.6) is 0 Å². The van der Waals surface area contributed by atoms with Gasteiger partial charge >= 0.3 is 5.69 Å². The number of hydrogen-bond acceptors (Lipinski definition) is 4. The first-order valence-electron chi connectivity index (χ1n) is 3.79. The number of rotatable bonds is 3. The highest BCUT2D eigenvalue weighted by Gasteiger charge is 2.16. The Bertz CT molecular complexity index is 433. The summed E-state index contributed by atoms with van der Waals surface area (Å²) in [5.41, 5.74) is -0.324. The lowest BCUT2D eigenvalue weighted by Gasteiger charge is -2.02. The molecule has 1 heterocycles. The zero-order chi connectivity index (χ0) is 11.4. The molecular formula is C8H6ClN3O3. The molecule has 1 aromatic rings. The van der Waals surface area contributed by atoms with E-state index in [4.69, 9.17) is 11.6 Å². The lowest BCUT2D eigenvalue weighted by molar-refractivity contribution is -0.384. The molecule has 1 N–H and O–H groups in total. The minimum Gasteiger partial charge on any atom is -0.301 e. The molecule has 0 atom stereocenters. The molecular weight excluding hydrogens is 222 g/mol. The number of anilines is 1. The third-order valence-electron chi connectivity index (χ3n) is 1.46. The number of nitrogens with one attached hydrogen (secondary N) is 1. The lowest BCUT2D eigenvalue weighted by atomic mass is 10.4. The van der Waals surface area contributed by atoms with E-state index in [0.717, 1.165) is 12.1 Å². The zero-order valence-corrected chi connectivity index (χ0v) is 8.19. The van der Waals surface area contributed by atoms with Gasteiger partial charge in [0.05, 0.1) is 4.92 Å². The Morgan fingerprint density at radius 3 is 2.87 bits per heavy atom. The van der Waals surface area contributed by atoms with Gasteiger partial charge in [-0.2, -0.15) is 0 Å². The fraction of sp³-hybridized carbons (Fsp3) is 0. The Morgan fingerprint density at radius 2 is 2.33 bits per heavy atom. The van der Waals surface area contributed by atoms with Crippen molar-refractivity contribution in [3.63, 3.8) is 0 Å². The minimum absolute atomic E-state index is 0.0555. The molecule has 0 fully saturated rings. The van der Waals surface area contributed by atoms with E-state index in [0.29, 0.717) is 0 Å². The third-order valence-corrected chi connectivity index (χ3v) is 1.67. The Labute approximate surface area is 89.7 Å². The molecule has 0 aliphatic carbocycles. The van der Waals surface area contributed by atoms with E-state index in [1.54, 1.807) is 0 Å². The molecule has 0 spiro atoms. The predicted molar refractivity (Wildman–Crippen MR) is 54.7 cm³/mol. The van der Waals surface area contributed by atoms with E-state index in [1.165, 1.54) is 6.07 Å². The van der Waals surface area contributed by atoms with E-state index in [1.807, 2.05) is 0 Å². The van der Waals surface area contributed by atoms with Gasteiger partial charge in [0.25, 0.3) is 0 Å². The number of hydrogen-bond donors (Lipinski definition) is 1. The van der Waals surface area contributed by atoms with Crippen LogP contribution in [0.2, 0.25) is 5.15 Å². The van der Waals surface area contributed by atoms with Gasteiger partial charge < -0.3 is 5.32 Å². The van der Waals surface area contributed by atoms with Crippen LogP contribution in [0.1, 0.15) is 0 Å². The molecule has 0 bridgehead atoms. The summed E-state index contributed by atoms with van der Waals surface area (Å²) in [6, 6.07) is 2.43. The van der Waals surface area contributed by atoms with Crippen LogP contribution >= 0.6 is 11.6 Å². The molecule has 0 aliphatic rings. The van der Waals surface area contributed by atoms with E-state index in [-0.39, 0.29) is 16.7 Å². The second kappa shape index (κ2) is 4.52. The maximum atomic E-state index is 10.9. The van der Waals surface area contributed by atoms with Crippen LogP contribution < -0.4 is 5.32 Å². The van der Waals surface area contributed by atoms with Crippen molar-refractivity contribution in [2.45, 2.75) is 0 Å². The van der Waals surface area contributed by atoms with Gasteiger partial charge in [0.1, 0.15) is 5.15 Å². The molecule has 7 heteroatoms. The normalized spacial score (nSPS) is 9.40. The number of aromatic nitrogens is 1. The quantitative estimate of drug-likeness (QED) is 0.369. The number of halogens is 1. The number of nitrogens with zero attached hydrogens (tertiary/aromatic N) is 2. The van der Waals surface area contributed by atoms with Crippen molar-refractivity contribution in [2.24, 2.45) is 0 Å². The Morgan fingerprint density at radius 1 is 1.67 bits per heavy atom. The Kier molecular flexibility index (Phi) is 3.35. The molecule has 0 aliphatic heterocycles. The van der Waals surface area contributed by atoms with Crippen molar-refractivity contribution in [3.05, 3.63) is 40.1 Å². The largest absolute Gasteiger partial charge is 0.311 e. The molecule has 6 nitrogen and oxygen atoms in total. The second-order valence-corrected chi connectivity index (χ2v) is 2.84. The van der Waals surface area contributed by atoms with Gasteiger partial charge in [-0.1, -0.05) is 18.2 Å². The number of pyridine rings is 1. The molecule has 0 saturated heterocycles. The maximum absolute atomic E-state index is 10.9. The summed E-state index contributed by atoms with van der Waals surface area (Å²) in [4.78, 5) is 24.4. The summed E-state index contributed by atoms with van der Waals surface area (Å²) in [7, 11) is 0. The van der Waals surface area contributed by atoms with Crippen LogP contribution in [0.3, 0.4) is 0 Å². The van der Waals surface area contributed by atoms with Gasteiger partial charge in [-0.25, -0.2) is 4.98 Å². The van der Waals surface area contributed by atoms with Crippen LogP contribution in [-0.4, -0.2) is 15.8 Å².